The molecule has 0 fully saturated rings. The smallest absolute Gasteiger partial charge is 0.357 e. The number of hydrogen-bond acceptors (Lipinski definition) is 3. The second-order valence-corrected chi connectivity index (χ2v) is 7.49. The molecule has 3 aromatic rings. The fraction of sp³-hybridized carbons (Fsp3) is 0.227. The number of pyridine rings is 1. The van der Waals surface area contributed by atoms with Crippen molar-refractivity contribution in [2.75, 3.05) is 7.05 Å². The van der Waals surface area contributed by atoms with E-state index in [1.165, 1.54) is 42.1 Å². The summed E-state index contributed by atoms with van der Waals surface area (Å²) in [5.74, 6) is -0.905. The molecule has 0 spiro atoms. The van der Waals surface area contributed by atoms with Crippen LogP contribution in [0.5, 0.6) is 0 Å². The molecule has 1 atom stereocenters. The van der Waals surface area contributed by atoms with Crippen molar-refractivity contribution in [1.82, 2.24) is 15.2 Å². The molecule has 2 aromatic carbocycles. The molecule has 168 valence electrons. The van der Waals surface area contributed by atoms with Crippen molar-refractivity contribution in [1.29, 1.82) is 0 Å². The van der Waals surface area contributed by atoms with Gasteiger partial charge in [-0.3, -0.25) is 14.4 Å². The van der Waals surface area contributed by atoms with Crippen LogP contribution in [0.15, 0.2) is 53.5 Å². The van der Waals surface area contributed by atoms with Gasteiger partial charge in [-0.1, -0.05) is 23.7 Å². The first-order valence-corrected chi connectivity index (χ1v) is 9.91. The first-order chi connectivity index (χ1) is 15.0. The number of halogens is 4. The van der Waals surface area contributed by atoms with Gasteiger partial charge in [0.2, 0.25) is 5.91 Å². The summed E-state index contributed by atoms with van der Waals surface area (Å²) >= 11 is 5.62. The highest BCUT2D eigenvalue weighted by atomic mass is 35.5. The third kappa shape index (κ3) is 4.62. The average molecular weight is 466 g/mol. The van der Waals surface area contributed by atoms with Gasteiger partial charge in [-0.05, 0) is 42.8 Å². The maximum atomic E-state index is 13.0. The zero-order valence-electron chi connectivity index (χ0n) is 17.1. The van der Waals surface area contributed by atoms with Crippen molar-refractivity contribution < 1.29 is 22.8 Å². The molecule has 2 amide bonds. The summed E-state index contributed by atoms with van der Waals surface area (Å²) in [6.07, 6.45) is -3.19. The molecule has 3 rings (SSSR count). The molecule has 0 radical (unpaired) electrons. The van der Waals surface area contributed by atoms with Crippen LogP contribution in [0.25, 0.3) is 10.8 Å². The minimum atomic E-state index is -4.61. The predicted molar refractivity (Wildman–Crippen MR) is 115 cm³/mol. The van der Waals surface area contributed by atoms with E-state index >= 15 is 0 Å². The highest BCUT2D eigenvalue weighted by Gasteiger charge is 2.33. The van der Waals surface area contributed by atoms with Crippen molar-refractivity contribution in [2.45, 2.75) is 25.7 Å². The zero-order valence-corrected chi connectivity index (χ0v) is 17.8. The number of hydrogen-bond donors (Lipinski definition) is 2. The van der Waals surface area contributed by atoms with Gasteiger partial charge in [0.1, 0.15) is 6.04 Å². The maximum Gasteiger partial charge on any atom is 0.417 e. The van der Waals surface area contributed by atoms with Gasteiger partial charge in [0.25, 0.3) is 11.5 Å². The molecule has 0 saturated heterocycles. The Balaban J connectivity index is 1.89. The normalized spacial score (nSPS) is 12.4. The summed E-state index contributed by atoms with van der Waals surface area (Å²) in [6.45, 7) is 1.41. The Morgan fingerprint density at radius 2 is 1.84 bits per heavy atom. The van der Waals surface area contributed by atoms with Gasteiger partial charge in [0.05, 0.1) is 10.6 Å². The number of nitrogens with zero attached hydrogens (tertiary/aromatic N) is 1. The third-order valence-electron chi connectivity index (χ3n) is 5.05. The minimum Gasteiger partial charge on any atom is -0.357 e. The maximum absolute atomic E-state index is 13.0. The minimum absolute atomic E-state index is 0.166. The van der Waals surface area contributed by atoms with E-state index in [1.807, 2.05) is 0 Å². The summed E-state index contributed by atoms with van der Waals surface area (Å²) in [5.41, 5.74) is -1.02. The number of carbonyl (C=O) groups excluding carboxylic acids is 2. The molecule has 0 aliphatic heterocycles. The Hall–Kier alpha value is -3.33. The van der Waals surface area contributed by atoms with E-state index < -0.39 is 34.3 Å². The molecule has 32 heavy (non-hydrogen) atoms. The first kappa shape index (κ1) is 23.3. The Kier molecular flexibility index (Phi) is 6.59. The third-order valence-corrected chi connectivity index (χ3v) is 5.38. The van der Waals surface area contributed by atoms with Crippen LogP contribution in [-0.2, 0) is 17.5 Å². The molecule has 10 heteroatoms. The van der Waals surface area contributed by atoms with E-state index in [-0.39, 0.29) is 29.0 Å². The standard InChI is InChI=1S/C22H19ClF3N3O3/c1-12(19(30)27-2)29-9-8-14-15(4-3-5-16(14)21(29)32)20(31)28-11-13-6-7-18(23)17(10-13)22(24,25)26/h3-10,12H,11H2,1-2H3,(H,27,30)(H,28,31)/t12-/m0/s1. The molecule has 0 bridgehead atoms. The molecule has 1 heterocycles. The molecular weight excluding hydrogens is 447 g/mol. The van der Waals surface area contributed by atoms with E-state index in [9.17, 15) is 27.6 Å². The van der Waals surface area contributed by atoms with E-state index in [0.29, 0.717) is 5.39 Å². The number of aromatic nitrogens is 1. The van der Waals surface area contributed by atoms with Crippen molar-refractivity contribution in [2.24, 2.45) is 0 Å². The molecule has 2 N–H and O–H groups in total. The number of fused-ring (bicyclic) bond motifs is 1. The van der Waals surface area contributed by atoms with Crippen LogP contribution < -0.4 is 16.2 Å². The van der Waals surface area contributed by atoms with E-state index in [4.69, 9.17) is 11.6 Å². The van der Waals surface area contributed by atoms with Crippen LogP contribution in [0, 0.1) is 0 Å². The fourth-order valence-electron chi connectivity index (χ4n) is 3.31. The lowest BCUT2D eigenvalue weighted by Crippen LogP contribution is -2.34. The van der Waals surface area contributed by atoms with Crippen LogP contribution in [0.3, 0.4) is 0 Å². The largest absolute Gasteiger partial charge is 0.417 e. The lowest BCUT2D eigenvalue weighted by molar-refractivity contribution is -0.137. The van der Waals surface area contributed by atoms with Gasteiger partial charge in [0, 0.05) is 36.1 Å². The van der Waals surface area contributed by atoms with Crippen molar-refractivity contribution in [3.8, 4) is 0 Å². The Morgan fingerprint density at radius 1 is 1.12 bits per heavy atom. The van der Waals surface area contributed by atoms with Crippen LogP contribution in [0.2, 0.25) is 5.02 Å². The van der Waals surface area contributed by atoms with Crippen LogP contribution in [0.4, 0.5) is 13.2 Å². The van der Waals surface area contributed by atoms with Gasteiger partial charge in [-0.2, -0.15) is 13.2 Å². The average Bonchev–Trinajstić information content (AvgIpc) is 2.76. The number of rotatable bonds is 5. The van der Waals surface area contributed by atoms with Crippen LogP contribution in [0.1, 0.15) is 34.5 Å². The van der Waals surface area contributed by atoms with Crippen molar-refractivity contribution in [3.63, 3.8) is 0 Å². The van der Waals surface area contributed by atoms with E-state index in [1.54, 1.807) is 13.0 Å². The molecular formula is C22H19ClF3N3O3. The SMILES string of the molecule is CNC(=O)[C@H](C)n1ccc2c(C(=O)NCc3ccc(Cl)c(C(F)(F)F)c3)cccc2c1=O. The number of amides is 2. The first-order valence-electron chi connectivity index (χ1n) is 9.54. The predicted octanol–water partition coefficient (Wildman–Crippen LogP) is 3.91. The second-order valence-electron chi connectivity index (χ2n) is 7.08. The zero-order chi connectivity index (χ0) is 23.6. The van der Waals surface area contributed by atoms with Gasteiger partial charge >= 0.3 is 6.18 Å². The topological polar surface area (TPSA) is 80.2 Å². The fourth-order valence-corrected chi connectivity index (χ4v) is 3.53. The summed E-state index contributed by atoms with van der Waals surface area (Å²) in [6, 6.07) is 8.77. The highest BCUT2D eigenvalue weighted by Crippen LogP contribution is 2.35. The van der Waals surface area contributed by atoms with Crippen molar-refractivity contribution >= 4 is 34.2 Å². The molecule has 1 aromatic heterocycles. The summed E-state index contributed by atoms with van der Waals surface area (Å²) in [4.78, 5) is 37.5. The lowest BCUT2D eigenvalue weighted by atomic mass is 10.0. The monoisotopic (exact) mass is 465 g/mol. The van der Waals surface area contributed by atoms with E-state index in [0.717, 1.165) is 12.1 Å². The molecule has 0 saturated carbocycles. The summed E-state index contributed by atoms with van der Waals surface area (Å²) < 4.78 is 40.4. The Labute approximate surface area is 186 Å². The molecule has 6 nitrogen and oxygen atoms in total. The Bertz CT molecular complexity index is 1250. The number of alkyl halides is 3. The van der Waals surface area contributed by atoms with Gasteiger partial charge < -0.3 is 15.2 Å². The number of benzene rings is 2. The summed E-state index contributed by atoms with van der Waals surface area (Å²) in [5, 5.41) is 5.22. The molecule has 0 aliphatic rings. The van der Waals surface area contributed by atoms with Crippen molar-refractivity contribution in [3.05, 3.63) is 80.7 Å². The Morgan fingerprint density at radius 3 is 2.50 bits per heavy atom. The number of carbonyl (C=O) groups is 2. The number of likely N-dealkylation sites (N-methyl/N-ethyl adjacent to an activating group) is 1. The number of nitrogens with one attached hydrogen (secondary N) is 2. The van der Waals surface area contributed by atoms with Gasteiger partial charge in [0.15, 0.2) is 0 Å². The quantitative estimate of drug-likeness (QED) is 0.599. The lowest BCUT2D eigenvalue weighted by Gasteiger charge is -2.15. The van der Waals surface area contributed by atoms with Crippen LogP contribution >= 0.6 is 11.6 Å². The summed E-state index contributed by atoms with van der Waals surface area (Å²) in [7, 11) is 1.46. The second kappa shape index (κ2) is 9.04. The highest BCUT2D eigenvalue weighted by molar-refractivity contribution is 6.31. The van der Waals surface area contributed by atoms with Gasteiger partial charge in [-0.25, -0.2) is 0 Å². The van der Waals surface area contributed by atoms with E-state index in [2.05, 4.69) is 10.6 Å². The molecule has 0 unspecified atom stereocenters. The van der Waals surface area contributed by atoms with Gasteiger partial charge in [-0.15, -0.1) is 0 Å². The van der Waals surface area contributed by atoms with Crippen LogP contribution in [-0.4, -0.2) is 23.4 Å². The molecule has 0 aliphatic carbocycles.